The Morgan fingerprint density at radius 3 is 2.67 bits per heavy atom. The van der Waals surface area contributed by atoms with E-state index in [-0.39, 0.29) is 39.7 Å². The number of nitrogens with zero attached hydrogens (tertiary/aromatic N) is 6. The molecule has 3 fully saturated rings. The number of amides is 1. The lowest BCUT2D eigenvalue weighted by Gasteiger charge is -2.45. The van der Waals surface area contributed by atoms with Gasteiger partial charge in [0.25, 0.3) is 0 Å². The molecule has 8 nitrogen and oxygen atoms in total. The fourth-order valence-electron chi connectivity index (χ4n) is 7.95. The average Bonchev–Trinajstić information content (AvgIpc) is 3.65. The highest BCUT2D eigenvalue weighted by atomic mass is 35.5. The highest BCUT2D eigenvalue weighted by Gasteiger charge is 2.47. The van der Waals surface area contributed by atoms with Gasteiger partial charge in [0, 0.05) is 42.3 Å². The summed E-state index contributed by atoms with van der Waals surface area (Å²) < 4.78 is 37.4. The van der Waals surface area contributed by atoms with Gasteiger partial charge in [0.15, 0.2) is 6.17 Å². The maximum absolute atomic E-state index is 16.3. The topological polar surface area (TPSA) is 84.5 Å². The van der Waals surface area contributed by atoms with E-state index in [1.807, 2.05) is 6.92 Å². The predicted molar refractivity (Wildman–Crippen MR) is 174 cm³/mol. The van der Waals surface area contributed by atoms with Gasteiger partial charge in [-0.1, -0.05) is 42.4 Å². The molecule has 0 aliphatic carbocycles. The molecule has 0 spiro atoms. The van der Waals surface area contributed by atoms with Crippen molar-refractivity contribution in [3.63, 3.8) is 0 Å². The summed E-state index contributed by atoms with van der Waals surface area (Å²) in [6.07, 6.45) is 6.17. The SMILES string of the molecule is C=CC(=O)N1CCN(C2=C(C#N)C(OCC34CCCN3CCC4)=NC3N=C(c4cccc5ccc(F)c(Cl)c45)C(F)=CC23)[C@@H](C)C1. The molecule has 11 heteroatoms. The Labute approximate surface area is 272 Å². The second-order valence-corrected chi connectivity index (χ2v) is 13.1. The first-order chi connectivity index (χ1) is 22.2. The number of rotatable bonds is 5. The number of ether oxygens (including phenoxy) is 1. The van der Waals surface area contributed by atoms with Crippen molar-refractivity contribution < 1.29 is 18.3 Å². The van der Waals surface area contributed by atoms with Crippen LogP contribution in [0.15, 0.2) is 76.1 Å². The van der Waals surface area contributed by atoms with Crippen LogP contribution in [0.3, 0.4) is 0 Å². The van der Waals surface area contributed by atoms with Crippen LogP contribution in [-0.4, -0.2) is 89.3 Å². The molecular weight excluding hydrogens is 610 g/mol. The van der Waals surface area contributed by atoms with Crippen molar-refractivity contribution in [2.24, 2.45) is 15.9 Å². The third-order valence-electron chi connectivity index (χ3n) is 10.2. The zero-order valence-electron chi connectivity index (χ0n) is 25.7. The molecule has 46 heavy (non-hydrogen) atoms. The number of hydrogen-bond donors (Lipinski definition) is 0. The molecule has 0 N–H and O–H groups in total. The van der Waals surface area contributed by atoms with Crippen molar-refractivity contribution >= 4 is 39.9 Å². The Kier molecular flexibility index (Phi) is 7.94. The largest absolute Gasteiger partial charge is 0.475 e. The lowest BCUT2D eigenvalue weighted by molar-refractivity contribution is -0.128. The highest BCUT2D eigenvalue weighted by Crippen LogP contribution is 2.42. The number of fused-ring (bicyclic) bond motifs is 3. The molecule has 5 heterocycles. The minimum Gasteiger partial charge on any atom is -0.475 e. The zero-order chi connectivity index (χ0) is 32.2. The maximum Gasteiger partial charge on any atom is 0.246 e. The van der Waals surface area contributed by atoms with Gasteiger partial charge in [-0.25, -0.2) is 13.8 Å². The summed E-state index contributed by atoms with van der Waals surface area (Å²) >= 11 is 6.42. The van der Waals surface area contributed by atoms with Gasteiger partial charge in [-0.05, 0) is 69.3 Å². The van der Waals surface area contributed by atoms with Gasteiger partial charge < -0.3 is 14.5 Å². The van der Waals surface area contributed by atoms with E-state index in [9.17, 15) is 14.4 Å². The van der Waals surface area contributed by atoms with E-state index in [1.165, 1.54) is 18.2 Å². The van der Waals surface area contributed by atoms with Crippen LogP contribution in [0, 0.1) is 23.1 Å². The number of hydrogen-bond acceptors (Lipinski definition) is 7. The number of allylic oxidation sites excluding steroid dienone is 1. The number of piperazine rings is 1. The monoisotopic (exact) mass is 644 g/mol. The first-order valence-electron chi connectivity index (χ1n) is 15.9. The molecule has 7 rings (SSSR count). The van der Waals surface area contributed by atoms with E-state index >= 15 is 4.39 Å². The van der Waals surface area contributed by atoms with Gasteiger partial charge in [0.1, 0.15) is 35.6 Å². The van der Waals surface area contributed by atoms with Crippen LogP contribution in [-0.2, 0) is 9.53 Å². The van der Waals surface area contributed by atoms with Crippen molar-refractivity contribution in [3.8, 4) is 6.07 Å². The summed E-state index contributed by atoms with van der Waals surface area (Å²) in [4.78, 5) is 28.4. The third-order valence-corrected chi connectivity index (χ3v) is 10.6. The second kappa shape index (κ2) is 11.9. The van der Waals surface area contributed by atoms with E-state index in [1.54, 1.807) is 29.2 Å². The molecule has 3 saturated heterocycles. The van der Waals surface area contributed by atoms with E-state index < -0.39 is 23.7 Å². The fraction of sp³-hybridized carbons (Fsp3) is 0.429. The van der Waals surface area contributed by atoms with Crippen LogP contribution in [0.25, 0.3) is 10.8 Å². The number of nitriles is 1. The van der Waals surface area contributed by atoms with Crippen LogP contribution in [0.1, 0.15) is 38.2 Å². The molecule has 5 aliphatic rings. The first-order valence-corrected chi connectivity index (χ1v) is 16.2. The Morgan fingerprint density at radius 2 is 1.96 bits per heavy atom. The molecule has 2 unspecified atom stereocenters. The normalized spacial score (nSPS) is 25.8. The number of dihydropyridines is 2. The molecule has 3 atom stereocenters. The van der Waals surface area contributed by atoms with E-state index in [4.69, 9.17) is 26.3 Å². The van der Waals surface area contributed by atoms with Gasteiger partial charge >= 0.3 is 0 Å². The van der Waals surface area contributed by atoms with Crippen LogP contribution in [0.4, 0.5) is 8.78 Å². The van der Waals surface area contributed by atoms with Crippen LogP contribution >= 0.6 is 11.6 Å². The second-order valence-electron chi connectivity index (χ2n) is 12.7. The standard InChI is InChI=1S/C35H35ClF2N6O2/c1-3-28(45)42-15-16-44(21(2)19-42)32-24-17-27(38)31(23-8-4-7-22-9-10-26(37)30(36)29(22)23)40-33(24)41-34(25(32)18-39)46-20-35-11-5-13-43(35)14-6-12-35/h3-4,7-10,17,21,24,33H,1,5-6,11-16,19-20H2,2H3/t21-,24?,33?/m0/s1. The minimum atomic E-state index is -0.833. The zero-order valence-corrected chi connectivity index (χ0v) is 26.4. The quantitative estimate of drug-likeness (QED) is 0.385. The maximum atomic E-state index is 16.3. The van der Waals surface area contributed by atoms with Crippen molar-refractivity contribution in [1.29, 1.82) is 5.26 Å². The summed E-state index contributed by atoms with van der Waals surface area (Å²) in [5.74, 6) is -1.86. The molecule has 0 radical (unpaired) electrons. The van der Waals surface area contributed by atoms with Crippen LogP contribution in [0.5, 0.6) is 0 Å². The number of halogens is 3. The van der Waals surface area contributed by atoms with Crippen molar-refractivity contribution in [2.75, 3.05) is 39.3 Å². The summed E-state index contributed by atoms with van der Waals surface area (Å²) in [5.41, 5.74) is 1.14. The van der Waals surface area contributed by atoms with E-state index in [0.717, 1.165) is 38.8 Å². The van der Waals surface area contributed by atoms with E-state index in [2.05, 4.69) is 22.4 Å². The van der Waals surface area contributed by atoms with E-state index in [0.29, 0.717) is 48.3 Å². The van der Waals surface area contributed by atoms with Gasteiger partial charge in [-0.15, -0.1) is 0 Å². The Hall–Kier alpha value is -4.07. The molecule has 1 amide bonds. The van der Waals surface area contributed by atoms with Crippen molar-refractivity contribution in [3.05, 3.63) is 82.6 Å². The molecule has 5 aliphatic heterocycles. The van der Waals surface area contributed by atoms with Crippen molar-refractivity contribution in [1.82, 2.24) is 14.7 Å². The minimum absolute atomic E-state index is 0.0213. The summed E-state index contributed by atoms with van der Waals surface area (Å²) in [6, 6.07) is 10.3. The molecule has 0 saturated carbocycles. The predicted octanol–water partition coefficient (Wildman–Crippen LogP) is 5.78. The molecule has 2 aromatic carbocycles. The summed E-state index contributed by atoms with van der Waals surface area (Å²) in [5, 5.41) is 11.5. The molecule has 2 aromatic rings. The molecule has 0 bridgehead atoms. The van der Waals surface area contributed by atoms with Gasteiger partial charge in [-0.2, -0.15) is 5.26 Å². The van der Waals surface area contributed by atoms with Crippen molar-refractivity contribution in [2.45, 2.75) is 50.4 Å². The van der Waals surface area contributed by atoms with Gasteiger partial charge in [0.2, 0.25) is 11.8 Å². The third kappa shape index (κ3) is 5.01. The number of carbonyl (C=O) groups is 1. The molecular formula is C35H35ClF2N6O2. The Balaban J connectivity index is 1.31. The molecule has 0 aromatic heterocycles. The lowest BCUT2D eigenvalue weighted by Crippen LogP contribution is -2.55. The smallest absolute Gasteiger partial charge is 0.246 e. The summed E-state index contributed by atoms with van der Waals surface area (Å²) in [6.45, 7) is 9.32. The average molecular weight is 645 g/mol. The first kappa shape index (κ1) is 30.6. The molecule has 238 valence electrons. The van der Waals surface area contributed by atoms with Gasteiger partial charge in [0.05, 0.1) is 16.5 Å². The highest BCUT2D eigenvalue weighted by molar-refractivity contribution is 6.37. The van der Waals surface area contributed by atoms with Gasteiger partial charge in [-0.3, -0.25) is 14.7 Å². The number of aliphatic imine (C=N–C) groups is 2. The van der Waals surface area contributed by atoms with Crippen LogP contribution in [0.2, 0.25) is 5.02 Å². The fourth-order valence-corrected chi connectivity index (χ4v) is 8.22. The Bertz CT molecular complexity index is 1780. The lowest BCUT2D eigenvalue weighted by atomic mass is 9.88. The summed E-state index contributed by atoms with van der Waals surface area (Å²) in [7, 11) is 0. The Morgan fingerprint density at radius 1 is 1.17 bits per heavy atom. The number of benzene rings is 2. The van der Waals surface area contributed by atoms with Crippen LogP contribution < -0.4 is 0 Å². The number of carbonyl (C=O) groups excluding carboxylic acids is 1.